The number of rotatable bonds is 4. The molecule has 1 aliphatic rings. The first-order chi connectivity index (χ1) is 7.77. The molecule has 1 aliphatic heterocycles. The molecule has 0 amide bonds. The van der Waals surface area contributed by atoms with Gasteiger partial charge < -0.3 is 19.0 Å². The third kappa shape index (κ3) is 1.87. The third-order valence-corrected chi connectivity index (χ3v) is 3.09. The number of fused-ring (bicyclic) bond motifs is 1. The van der Waals surface area contributed by atoms with Gasteiger partial charge in [0.2, 0.25) is 6.79 Å². The van der Waals surface area contributed by atoms with E-state index in [0.717, 1.165) is 16.3 Å². The van der Waals surface area contributed by atoms with Crippen molar-refractivity contribution in [3.63, 3.8) is 0 Å². The first-order valence-electron chi connectivity index (χ1n) is 4.86. The molecule has 0 aromatic heterocycles. The van der Waals surface area contributed by atoms with Gasteiger partial charge in [0.25, 0.3) is 0 Å². The van der Waals surface area contributed by atoms with Gasteiger partial charge in [0.1, 0.15) is 16.5 Å². The summed E-state index contributed by atoms with van der Waals surface area (Å²) in [7, 11) is 1.59. The van der Waals surface area contributed by atoms with Crippen LogP contribution in [0, 0.1) is 0 Å². The third-order valence-electron chi connectivity index (χ3n) is 2.37. The molecule has 0 N–H and O–H groups in total. The predicted molar refractivity (Wildman–Crippen MR) is 61.2 cm³/mol. The van der Waals surface area contributed by atoms with Crippen molar-refractivity contribution in [1.29, 1.82) is 0 Å². The summed E-state index contributed by atoms with van der Waals surface area (Å²) < 4.78 is 16.7. The second kappa shape index (κ2) is 4.74. The minimum absolute atomic E-state index is 0.216. The van der Waals surface area contributed by atoms with Crippen LogP contribution in [0.3, 0.4) is 0 Å². The van der Waals surface area contributed by atoms with E-state index in [4.69, 9.17) is 14.2 Å². The quantitative estimate of drug-likeness (QED) is 0.797. The molecule has 0 bridgehead atoms. The number of hydrogen-bond donors (Lipinski definition) is 0. The lowest BCUT2D eigenvalue weighted by molar-refractivity contribution is -0.107. The lowest BCUT2D eigenvalue weighted by atomic mass is 10.1. The Kier molecular flexibility index (Phi) is 3.33. The lowest BCUT2D eigenvalue weighted by Gasteiger charge is -2.11. The Morgan fingerprint density at radius 3 is 3.06 bits per heavy atom. The Bertz CT molecular complexity index is 417. The van der Waals surface area contributed by atoms with Crippen molar-refractivity contribution in [3.8, 4) is 17.2 Å². The van der Waals surface area contributed by atoms with E-state index in [-0.39, 0.29) is 6.79 Å². The molecule has 0 saturated heterocycles. The normalized spacial score (nSPS) is 12.6. The number of aldehydes is 1. The molecular weight excluding hydrogens is 276 g/mol. The number of methoxy groups -OCH3 is 1. The Morgan fingerprint density at radius 2 is 2.38 bits per heavy atom. The van der Waals surface area contributed by atoms with Crippen LogP contribution < -0.4 is 14.2 Å². The van der Waals surface area contributed by atoms with Crippen LogP contribution in [0.1, 0.15) is 12.0 Å². The van der Waals surface area contributed by atoms with Crippen molar-refractivity contribution in [3.05, 3.63) is 16.1 Å². The minimum atomic E-state index is 0.216. The summed E-state index contributed by atoms with van der Waals surface area (Å²) in [6, 6.07) is 1.86. The zero-order chi connectivity index (χ0) is 11.5. The van der Waals surface area contributed by atoms with Crippen LogP contribution in [0.15, 0.2) is 10.5 Å². The number of halogens is 1. The highest BCUT2D eigenvalue weighted by molar-refractivity contribution is 9.10. The zero-order valence-electron chi connectivity index (χ0n) is 8.79. The molecule has 0 saturated carbocycles. The number of ether oxygens (including phenoxy) is 3. The Balaban J connectivity index is 2.43. The van der Waals surface area contributed by atoms with Gasteiger partial charge in [-0.05, 0) is 34.0 Å². The van der Waals surface area contributed by atoms with Gasteiger partial charge >= 0.3 is 0 Å². The summed E-state index contributed by atoms with van der Waals surface area (Å²) in [6.07, 6.45) is 1.97. The number of benzene rings is 1. The van der Waals surface area contributed by atoms with Gasteiger partial charge in [-0.25, -0.2) is 0 Å². The summed E-state index contributed by atoms with van der Waals surface area (Å²) >= 11 is 3.42. The molecule has 0 atom stereocenters. The molecule has 0 spiro atoms. The van der Waals surface area contributed by atoms with Gasteiger partial charge in [0, 0.05) is 6.42 Å². The monoisotopic (exact) mass is 286 g/mol. The lowest BCUT2D eigenvalue weighted by Crippen LogP contribution is -1.95. The maximum Gasteiger partial charge on any atom is 0.231 e. The molecule has 4 nitrogen and oxygen atoms in total. The molecule has 1 aromatic carbocycles. The van der Waals surface area contributed by atoms with E-state index < -0.39 is 0 Å². The van der Waals surface area contributed by atoms with Crippen molar-refractivity contribution >= 4 is 22.2 Å². The molecule has 5 heteroatoms. The highest BCUT2D eigenvalue weighted by atomic mass is 79.9. The van der Waals surface area contributed by atoms with Crippen LogP contribution in [-0.4, -0.2) is 20.2 Å². The van der Waals surface area contributed by atoms with E-state index in [0.29, 0.717) is 30.1 Å². The van der Waals surface area contributed by atoms with E-state index in [1.54, 1.807) is 7.11 Å². The van der Waals surface area contributed by atoms with Crippen LogP contribution in [0.4, 0.5) is 0 Å². The van der Waals surface area contributed by atoms with E-state index in [1.807, 2.05) is 6.07 Å². The second-order valence-corrected chi connectivity index (χ2v) is 4.12. The molecule has 0 unspecified atom stereocenters. The number of aryl methyl sites for hydroxylation is 1. The zero-order valence-corrected chi connectivity index (χ0v) is 10.4. The van der Waals surface area contributed by atoms with Crippen molar-refractivity contribution < 1.29 is 19.0 Å². The van der Waals surface area contributed by atoms with Gasteiger partial charge in [-0.15, -0.1) is 0 Å². The van der Waals surface area contributed by atoms with E-state index >= 15 is 0 Å². The standard InChI is InChI=1S/C11H11BrO4/c1-14-10-7(3-2-4-13)5-8-11(9(10)12)16-6-15-8/h4-5H,2-3,6H2,1H3. The number of carbonyl (C=O) groups is 1. The highest BCUT2D eigenvalue weighted by Gasteiger charge is 2.23. The first kappa shape index (κ1) is 11.3. The molecule has 16 heavy (non-hydrogen) atoms. The maximum absolute atomic E-state index is 10.4. The smallest absolute Gasteiger partial charge is 0.231 e. The summed E-state index contributed by atoms with van der Waals surface area (Å²) in [5.74, 6) is 2.05. The van der Waals surface area contributed by atoms with Crippen molar-refractivity contribution in [1.82, 2.24) is 0 Å². The molecule has 2 rings (SSSR count). The minimum Gasteiger partial charge on any atom is -0.495 e. The highest BCUT2D eigenvalue weighted by Crippen LogP contribution is 2.46. The molecular formula is C11H11BrO4. The molecule has 86 valence electrons. The van der Waals surface area contributed by atoms with Crippen molar-refractivity contribution in [2.24, 2.45) is 0 Å². The topological polar surface area (TPSA) is 44.8 Å². The second-order valence-electron chi connectivity index (χ2n) is 3.32. The molecule has 0 aliphatic carbocycles. The Labute approximate surface area is 102 Å². The molecule has 1 heterocycles. The van der Waals surface area contributed by atoms with Crippen LogP contribution >= 0.6 is 15.9 Å². The maximum atomic E-state index is 10.4. The van der Waals surface area contributed by atoms with Crippen LogP contribution in [0.25, 0.3) is 0 Å². The van der Waals surface area contributed by atoms with Crippen LogP contribution in [0.5, 0.6) is 17.2 Å². The van der Waals surface area contributed by atoms with Crippen LogP contribution in [-0.2, 0) is 11.2 Å². The average molecular weight is 287 g/mol. The SMILES string of the molecule is COc1c(CCC=O)cc2c(c1Br)OCO2. The average Bonchev–Trinajstić information content (AvgIpc) is 2.75. The molecule has 1 aromatic rings. The van der Waals surface area contributed by atoms with Crippen molar-refractivity contribution in [2.75, 3.05) is 13.9 Å². The van der Waals surface area contributed by atoms with Gasteiger partial charge in [-0.3, -0.25) is 0 Å². The van der Waals surface area contributed by atoms with Gasteiger partial charge in [0.05, 0.1) is 7.11 Å². The fourth-order valence-electron chi connectivity index (χ4n) is 1.66. The summed E-state index contributed by atoms with van der Waals surface area (Å²) in [5.41, 5.74) is 0.936. The Morgan fingerprint density at radius 1 is 1.56 bits per heavy atom. The molecule has 0 fully saturated rings. The fraction of sp³-hybridized carbons (Fsp3) is 0.364. The summed E-state index contributed by atoms with van der Waals surface area (Å²) in [4.78, 5) is 10.4. The summed E-state index contributed by atoms with van der Waals surface area (Å²) in [6.45, 7) is 0.216. The van der Waals surface area contributed by atoms with Gasteiger partial charge in [-0.1, -0.05) is 0 Å². The van der Waals surface area contributed by atoms with Gasteiger partial charge in [0.15, 0.2) is 11.5 Å². The van der Waals surface area contributed by atoms with Gasteiger partial charge in [-0.2, -0.15) is 0 Å². The number of hydrogen-bond acceptors (Lipinski definition) is 4. The van der Waals surface area contributed by atoms with E-state index in [9.17, 15) is 4.79 Å². The Hall–Kier alpha value is -1.23. The largest absolute Gasteiger partial charge is 0.495 e. The fourth-order valence-corrected chi connectivity index (χ4v) is 2.38. The van der Waals surface area contributed by atoms with E-state index in [2.05, 4.69) is 15.9 Å². The molecule has 0 radical (unpaired) electrons. The van der Waals surface area contributed by atoms with Crippen LogP contribution in [0.2, 0.25) is 0 Å². The summed E-state index contributed by atoms with van der Waals surface area (Å²) in [5, 5.41) is 0. The number of carbonyl (C=O) groups excluding carboxylic acids is 1. The first-order valence-corrected chi connectivity index (χ1v) is 5.65. The van der Waals surface area contributed by atoms with E-state index in [1.165, 1.54) is 0 Å². The van der Waals surface area contributed by atoms with Crippen molar-refractivity contribution in [2.45, 2.75) is 12.8 Å². The predicted octanol–water partition coefficient (Wildman–Crippen LogP) is 2.32.